The Morgan fingerprint density at radius 3 is 2.72 bits per heavy atom. The van der Waals surface area contributed by atoms with Crippen molar-refractivity contribution in [3.63, 3.8) is 0 Å². The van der Waals surface area contributed by atoms with E-state index in [4.69, 9.17) is 9.84 Å². The Morgan fingerprint density at radius 1 is 1.50 bits per heavy atom. The molecule has 0 saturated carbocycles. The van der Waals surface area contributed by atoms with Crippen LogP contribution in [0.5, 0.6) is 5.75 Å². The molecule has 6 heteroatoms. The zero-order chi connectivity index (χ0) is 13.2. The monoisotopic (exact) mass is 288 g/mol. The molecule has 98 valence electrons. The predicted octanol–water partition coefficient (Wildman–Crippen LogP) is 2.94. The number of thioether (sulfide) groups is 2. The maximum absolute atomic E-state index is 14.0. The average molecular weight is 288 g/mol. The van der Waals surface area contributed by atoms with Gasteiger partial charge < -0.3 is 9.84 Å². The highest BCUT2D eigenvalue weighted by atomic mass is 32.2. The summed E-state index contributed by atoms with van der Waals surface area (Å²) in [4.78, 5) is 10.4. The van der Waals surface area contributed by atoms with E-state index in [2.05, 4.69) is 0 Å². The van der Waals surface area contributed by atoms with Crippen molar-refractivity contribution in [3.05, 3.63) is 29.6 Å². The van der Waals surface area contributed by atoms with Gasteiger partial charge in [-0.2, -0.15) is 0 Å². The molecular formula is C12H13FO3S2. The van der Waals surface area contributed by atoms with E-state index >= 15 is 0 Å². The Bertz CT molecular complexity index is 459. The summed E-state index contributed by atoms with van der Waals surface area (Å²) in [6.45, 7) is 1.55. The van der Waals surface area contributed by atoms with Gasteiger partial charge in [0.2, 0.25) is 0 Å². The third-order valence-electron chi connectivity index (χ3n) is 2.63. The third-order valence-corrected chi connectivity index (χ3v) is 5.95. The zero-order valence-corrected chi connectivity index (χ0v) is 11.4. The van der Waals surface area contributed by atoms with Gasteiger partial charge in [0.1, 0.15) is 11.6 Å². The molecule has 1 N–H and O–H groups in total. The topological polar surface area (TPSA) is 46.5 Å². The number of carbonyl (C=O) groups is 1. The number of ether oxygens (including phenoxy) is 1. The molecule has 0 amide bonds. The molecule has 1 aromatic rings. The Morgan fingerprint density at radius 2 is 2.17 bits per heavy atom. The van der Waals surface area contributed by atoms with Gasteiger partial charge in [0.25, 0.3) is 0 Å². The van der Waals surface area contributed by atoms with Crippen molar-refractivity contribution in [1.29, 1.82) is 0 Å². The summed E-state index contributed by atoms with van der Waals surface area (Å²) >= 11 is 3.45. The minimum Gasteiger partial charge on any atom is -0.482 e. The second-order valence-electron chi connectivity index (χ2n) is 3.97. The zero-order valence-electron chi connectivity index (χ0n) is 9.81. The Labute approximate surface area is 113 Å². The van der Waals surface area contributed by atoms with Crippen LogP contribution in [0.2, 0.25) is 0 Å². The van der Waals surface area contributed by atoms with Crippen molar-refractivity contribution in [1.82, 2.24) is 0 Å². The SMILES string of the molecule is CC1(c2ccc(OCC(=O)O)cc2F)SCCS1. The highest BCUT2D eigenvalue weighted by Gasteiger charge is 2.34. The molecule has 1 aliphatic rings. The van der Waals surface area contributed by atoms with Gasteiger partial charge >= 0.3 is 5.97 Å². The van der Waals surface area contributed by atoms with Crippen LogP contribution < -0.4 is 4.74 Å². The van der Waals surface area contributed by atoms with Gasteiger partial charge in [0.15, 0.2) is 6.61 Å². The first kappa shape index (κ1) is 13.5. The molecule has 18 heavy (non-hydrogen) atoms. The maximum atomic E-state index is 14.0. The number of hydrogen-bond acceptors (Lipinski definition) is 4. The number of halogens is 1. The lowest BCUT2D eigenvalue weighted by Crippen LogP contribution is -2.12. The fourth-order valence-corrected chi connectivity index (χ4v) is 4.69. The fourth-order valence-electron chi connectivity index (χ4n) is 1.77. The van der Waals surface area contributed by atoms with E-state index in [0.29, 0.717) is 5.56 Å². The van der Waals surface area contributed by atoms with Crippen molar-refractivity contribution >= 4 is 29.5 Å². The fraction of sp³-hybridized carbons (Fsp3) is 0.417. The summed E-state index contributed by atoms with van der Waals surface area (Å²) in [7, 11) is 0. The second kappa shape index (κ2) is 5.40. The smallest absolute Gasteiger partial charge is 0.341 e. The number of rotatable bonds is 4. The first-order valence-corrected chi connectivity index (χ1v) is 7.41. The van der Waals surface area contributed by atoms with Crippen LogP contribution in [-0.4, -0.2) is 29.2 Å². The van der Waals surface area contributed by atoms with Crippen molar-refractivity contribution in [2.45, 2.75) is 11.0 Å². The summed E-state index contributed by atoms with van der Waals surface area (Å²) in [5.74, 6) is 0.848. The molecule has 0 aromatic heterocycles. The molecule has 3 nitrogen and oxygen atoms in total. The van der Waals surface area contributed by atoms with Crippen LogP contribution in [0, 0.1) is 5.82 Å². The molecule has 1 fully saturated rings. The van der Waals surface area contributed by atoms with Crippen molar-refractivity contribution in [3.8, 4) is 5.75 Å². The summed E-state index contributed by atoms with van der Waals surface area (Å²) in [6, 6.07) is 4.55. The predicted molar refractivity (Wildman–Crippen MR) is 71.8 cm³/mol. The van der Waals surface area contributed by atoms with Gasteiger partial charge in [0, 0.05) is 23.1 Å². The molecular weight excluding hydrogens is 275 g/mol. The van der Waals surface area contributed by atoms with Crippen LogP contribution in [-0.2, 0) is 8.87 Å². The highest BCUT2D eigenvalue weighted by Crippen LogP contribution is 2.52. The largest absolute Gasteiger partial charge is 0.482 e. The van der Waals surface area contributed by atoms with Crippen LogP contribution in [0.25, 0.3) is 0 Å². The molecule has 0 bridgehead atoms. The Hall–Kier alpha value is -0.880. The molecule has 1 heterocycles. The first-order chi connectivity index (χ1) is 8.51. The van der Waals surface area contributed by atoms with Gasteiger partial charge in [-0.25, -0.2) is 9.18 Å². The Balaban J connectivity index is 2.17. The maximum Gasteiger partial charge on any atom is 0.341 e. The quantitative estimate of drug-likeness (QED) is 0.923. The van der Waals surface area contributed by atoms with E-state index in [-0.39, 0.29) is 15.6 Å². The van der Waals surface area contributed by atoms with Gasteiger partial charge in [-0.05, 0) is 13.0 Å². The minimum atomic E-state index is -1.08. The van der Waals surface area contributed by atoms with Crippen LogP contribution in [0.3, 0.4) is 0 Å². The van der Waals surface area contributed by atoms with Gasteiger partial charge in [-0.15, -0.1) is 23.5 Å². The van der Waals surface area contributed by atoms with Crippen molar-refractivity contribution < 1.29 is 19.0 Å². The lowest BCUT2D eigenvalue weighted by molar-refractivity contribution is -0.139. The van der Waals surface area contributed by atoms with Crippen molar-refractivity contribution in [2.24, 2.45) is 0 Å². The second-order valence-corrected chi connectivity index (χ2v) is 7.25. The number of benzene rings is 1. The van der Waals surface area contributed by atoms with Crippen LogP contribution >= 0.6 is 23.5 Å². The molecule has 0 spiro atoms. The summed E-state index contributed by atoms with van der Waals surface area (Å²) in [6.07, 6.45) is 0. The van der Waals surface area contributed by atoms with Gasteiger partial charge in [-0.1, -0.05) is 6.07 Å². The first-order valence-electron chi connectivity index (χ1n) is 5.44. The number of carboxylic acids is 1. The molecule has 1 saturated heterocycles. The molecule has 1 aliphatic heterocycles. The Kier molecular flexibility index (Phi) is 4.07. The molecule has 0 aliphatic carbocycles. The standard InChI is InChI=1S/C12H13FO3S2/c1-12(17-4-5-18-12)9-3-2-8(6-10(9)13)16-7-11(14)15/h2-3,6H,4-5,7H2,1H3,(H,14,15). The van der Waals surface area contributed by atoms with E-state index in [1.807, 2.05) is 6.92 Å². The average Bonchev–Trinajstić information content (AvgIpc) is 2.74. The lowest BCUT2D eigenvalue weighted by Gasteiger charge is -2.23. The molecule has 1 aromatic carbocycles. The van der Waals surface area contributed by atoms with E-state index < -0.39 is 12.6 Å². The van der Waals surface area contributed by atoms with E-state index in [9.17, 15) is 9.18 Å². The minimum absolute atomic E-state index is 0.246. The molecule has 2 rings (SSSR count). The van der Waals surface area contributed by atoms with E-state index in [1.165, 1.54) is 6.07 Å². The summed E-state index contributed by atoms with van der Waals surface area (Å²) in [5, 5.41) is 8.49. The molecule has 0 atom stereocenters. The van der Waals surface area contributed by atoms with Gasteiger partial charge in [-0.3, -0.25) is 0 Å². The van der Waals surface area contributed by atoms with Crippen LogP contribution in [0.4, 0.5) is 4.39 Å². The third kappa shape index (κ3) is 2.92. The molecule has 0 unspecified atom stereocenters. The van der Waals surface area contributed by atoms with E-state index in [0.717, 1.165) is 11.5 Å². The number of hydrogen-bond donors (Lipinski definition) is 1. The highest BCUT2D eigenvalue weighted by molar-refractivity contribution is 8.20. The van der Waals surface area contributed by atoms with Crippen molar-refractivity contribution in [2.75, 3.05) is 18.1 Å². The summed E-state index contributed by atoms with van der Waals surface area (Å²) in [5.41, 5.74) is 0.637. The van der Waals surface area contributed by atoms with E-state index in [1.54, 1.807) is 35.7 Å². The normalized spacial score (nSPS) is 17.7. The number of carboxylic acid groups (broad SMARTS) is 1. The molecule has 0 radical (unpaired) electrons. The number of aliphatic carboxylic acids is 1. The lowest BCUT2D eigenvalue weighted by atomic mass is 10.1. The van der Waals surface area contributed by atoms with Crippen LogP contribution in [0.1, 0.15) is 12.5 Å². The van der Waals surface area contributed by atoms with Crippen LogP contribution in [0.15, 0.2) is 18.2 Å². The van der Waals surface area contributed by atoms with Gasteiger partial charge in [0.05, 0.1) is 4.08 Å². The summed E-state index contributed by atoms with van der Waals surface area (Å²) < 4.78 is 18.7.